The molecular weight excluding hydrogens is 273 g/mol. The molecule has 0 aliphatic heterocycles. The average molecular weight is 276 g/mol. The summed E-state index contributed by atoms with van der Waals surface area (Å²) in [4.78, 5) is 25.1. The molecule has 5 nitrogen and oxygen atoms in total. The highest BCUT2D eigenvalue weighted by atomic mass is 79.9. The first kappa shape index (κ1) is 9.42. The first-order valence-electron chi connectivity index (χ1n) is 3.56. The Hall–Kier alpha value is -1.14. The highest BCUT2D eigenvalue weighted by Gasteiger charge is 2.04. The molecule has 2 heterocycles. The van der Waals surface area contributed by atoms with Gasteiger partial charge in [-0.1, -0.05) is 11.6 Å². The molecule has 0 saturated carbocycles. The van der Waals surface area contributed by atoms with Gasteiger partial charge in [0.15, 0.2) is 4.73 Å². The number of aromatic nitrogens is 3. The van der Waals surface area contributed by atoms with E-state index in [4.69, 9.17) is 11.6 Å². The molecule has 0 unspecified atom stereocenters. The second-order valence-electron chi connectivity index (χ2n) is 2.55. The van der Waals surface area contributed by atoms with E-state index >= 15 is 0 Å². The molecule has 2 aromatic rings. The van der Waals surface area contributed by atoms with Crippen LogP contribution in [-0.2, 0) is 0 Å². The van der Waals surface area contributed by atoms with Gasteiger partial charge in [-0.25, -0.2) is 0 Å². The molecule has 14 heavy (non-hydrogen) atoms. The predicted octanol–water partition coefficient (Wildman–Crippen LogP) is 0.799. The first-order chi connectivity index (χ1) is 6.58. The lowest BCUT2D eigenvalue weighted by atomic mass is 10.4. The molecule has 1 N–H and O–H groups in total. The zero-order valence-electron chi connectivity index (χ0n) is 6.62. The number of hydrogen-bond acceptors (Lipinski definition) is 3. The number of H-pyrrole nitrogens is 1. The van der Waals surface area contributed by atoms with Crippen LogP contribution in [0, 0.1) is 0 Å². The molecule has 0 saturated heterocycles. The molecule has 0 radical (unpaired) electrons. The van der Waals surface area contributed by atoms with Crippen LogP contribution in [0.1, 0.15) is 0 Å². The van der Waals surface area contributed by atoms with E-state index in [9.17, 15) is 9.59 Å². The van der Waals surface area contributed by atoms with Gasteiger partial charge in [0.1, 0.15) is 5.52 Å². The Morgan fingerprint density at radius 2 is 2.14 bits per heavy atom. The van der Waals surface area contributed by atoms with Crippen molar-refractivity contribution in [1.29, 1.82) is 0 Å². The quantitative estimate of drug-likeness (QED) is 0.774. The number of nitrogens with zero attached hydrogens (tertiary/aromatic N) is 2. The van der Waals surface area contributed by atoms with E-state index in [2.05, 4.69) is 26.0 Å². The SMILES string of the molecule is O=c1[nH]c(Br)nn2c(=O)cc(Cl)cc12. The summed E-state index contributed by atoms with van der Waals surface area (Å²) in [5.74, 6) is 0. The average Bonchev–Trinajstić information content (AvgIpc) is 2.07. The Bertz CT molecular complexity index is 563. The lowest BCUT2D eigenvalue weighted by Crippen LogP contribution is -2.23. The Morgan fingerprint density at radius 1 is 1.43 bits per heavy atom. The summed E-state index contributed by atoms with van der Waals surface area (Å²) in [6.45, 7) is 0. The van der Waals surface area contributed by atoms with Gasteiger partial charge in [-0.15, -0.1) is 5.10 Å². The third-order valence-corrected chi connectivity index (χ3v) is 2.19. The van der Waals surface area contributed by atoms with Crippen molar-refractivity contribution in [2.45, 2.75) is 0 Å². The van der Waals surface area contributed by atoms with E-state index < -0.39 is 11.1 Å². The van der Waals surface area contributed by atoms with Crippen LogP contribution < -0.4 is 11.1 Å². The summed E-state index contributed by atoms with van der Waals surface area (Å²) in [7, 11) is 0. The highest BCUT2D eigenvalue weighted by Crippen LogP contribution is 2.06. The van der Waals surface area contributed by atoms with Crippen LogP contribution in [0.25, 0.3) is 5.52 Å². The van der Waals surface area contributed by atoms with Crippen LogP contribution >= 0.6 is 27.5 Å². The molecule has 7 heteroatoms. The van der Waals surface area contributed by atoms with Crippen LogP contribution in [0.2, 0.25) is 5.02 Å². The Kier molecular flexibility index (Phi) is 2.16. The summed E-state index contributed by atoms with van der Waals surface area (Å²) in [6.07, 6.45) is 0. The van der Waals surface area contributed by atoms with E-state index in [-0.39, 0.29) is 15.3 Å². The number of rotatable bonds is 0. The maximum atomic E-state index is 11.4. The monoisotopic (exact) mass is 275 g/mol. The van der Waals surface area contributed by atoms with E-state index in [1.807, 2.05) is 0 Å². The number of pyridine rings is 1. The van der Waals surface area contributed by atoms with Crippen molar-refractivity contribution in [2.24, 2.45) is 0 Å². The van der Waals surface area contributed by atoms with Crippen molar-refractivity contribution in [3.05, 3.63) is 42.6 Å². The molecule has 0 atom stereocenters. The maximum Gasteiger partial charge on any atom is 0.276 e. The zero-order valence-corrected chi connectivity index (χ0v) is 8.96. The van der Waals surface area contributed by atoms with Gasteiger partial charge in [0.05, 0.1) is 0 Å². The lowest BCUT2D eigenvalue weighted by molar-refractivity contribution is 0.823. The molecule has 0 amide bonds. The summed E-state index contributed by atoms with van der Waals surface area (Å²) in [5, 5.41) is 4.00. The highest BCUT2D eigenvalue weighted by molar-refractivity contribution is 9.10. The smallest absolute Gasteiger partial charge is 0.276 e. The number of fused-ring (bicyclic) bond motifs is 1. The van der Waals surface area contributed by atoms with Gasteiger partial charge in [-0.3, -0.25) is 14.6 Å². The molecule has 0 fully saturated rings. The Balaban J connectivity index is 3.10. The van der Waals surface area contributed by atoms with Gasteiger partial charge in [-0.05, 0) is 22.0 Å². The Morgan fingerprint density at radius 3 is 2.86 bits per heavy atom. The second-order valence-corrected chi connectivity index (χ2v) is 3.74. The van der Waals surface area contributed by atoms with Gasteiger partial charge in [0.25, 0.3) is 11.1 Å². The number of halogens is 2. The minimum atomic E-state index is -0.445. The molecule has 0 aliphatic rings. The van der Waals surface area contributed by atoms with Crippen molar-refractivity contribution in [3.8, 4) is 0 Å². The zero-order chi connectivity index (χ0) is 10.3. The number of aromatic amines is 1. The lowest BCUT2D eigenvalue weighted by Gasteiger charge is -1.98. The van der Waals surface area contributed by atoms with Crippen LogP contribution in [0.3, 0.4) is 0 Å². The van der Waals surface area contributed by atoms with Crippen LogP contribution in [0.4, 0.5) is 0 Å². The molecule has 0 aliphatic carbocycles. The maximum absolute atomic E-state index is 11.4. The van der Waals surface area contributed by atoms with Crippen molar-refractivity contribution in [2.75, 3.05) is 0 Å². The van der Waals surface area contributed by atoms with E-state index in [0.717, 1.165) is 4.52 Å². The summed E-state index contributed by atoms with van der Waals surface area (Å²) < 4.78 is 1.17. The van der Waals surface area contributed by atoms with Gasteiger partial charge in [0, 0.05) is 11.1 Å². The minimum Gasteiger partial charge on any atom is -0.298 e. The largest absolute Gasteiger partial charge is 0.298 e. The van der Waals surface area contributed by atoms with Gasteiger partial charge >= 0.3 is 0 Å². The second kappa shape index (κ2) is 3.21. The van der Waals surface area contributed by atoms with E-state index in [1.165, 1.54) is 12.1 Å². The first-order valence-corrected chi connectivity index (χ1v) is 4.73. The predicted molar refractivity (Wildman–Crippen MR) is 54.8 cm³/mol. The van der Waals surface area contributed by atoms with E-state index in [0.29, 0.717) is 0 Å². The summed E-state index contributed by atoms with van der Waals surface area (Å²) in [6, 6.07) is 2.56. The molecule has 0 spiro atoms. The summed E-state index contributed by atoms with van der Waals surface area (Å²) >= 11 is 8.61. The normalized spacial score (nSPS) is 10.7. The minimum absolute atomic E-state index is 0.116. The standard InChI is InChI=1S/C7H3BrClN3O2/c8-7-10-6(14)4-1-3(9)2-5(13)12(4)11-7/h1-2H,(H,10,11,14). The molecule has 0 bridgehead atoms. The fourth-order valence-corrected chi connectivity index (χ4v) is 1.60. The van der Waals surface area contributed by atoms with Gasteiger partial charge in [0.2, 0.25) is 0 Å². The molecule has 0 aromatic carbocycles. The van der Waals surface area contributed by atoms with Crippen LogP contribution in [0.5, 0.6) is 0 Å². The van der Waals surface area contributed by atoms with E-state index in [1.54, 1.807) is 0 Å². The molecular formula is C7H3BrClN3O2. The molecule has 2 aromatic heterocycles. The van der Waals surface area contributed by atoms with Gasteiger partial charge < -0.3 is 0 Å². The Labute approximate surface area is 90.5 Å². The van der Waals surface area contributed by atoms with Crippen molar-refractivity contribution >= 4 is 33.0 Å². The topological polar surface area (TPSA) is 67.2 Å². The van der Waals surface area contributed by atoms with Crippen LogP contribution in [0.15, 0.2) is 26.5 Å². The van der Waals surface area contributed by atoms with Crippen molar-refractivity contribution in [1.82, 2.24) is 14.6 Å². The third kappa shape index (κ3) is 1.46. The summed E-state index contributed by atoms with van der Waals surface area (Å²) in [5.41, 5.74) is -0.753. The van der Waals surface area contributed by atoms with Crippen molar-refractivity contribution < 1.29 is 0 Å². The fraction of sp³-hybridized carbons (Fsp3) is 0. The third-order valence-electron chi connectivity index (χ3n) is 1.61. The van der Waals surface area contributed by atoms with Crippen molar-refractivity contribution in [3.63, 3.8) is 0 Å². The van der Waals surface area contributed by atoms with Gasteiger partial charge in [-0.2, -0.15) is 4.52 Å². The number of hydrogen-bond donors (Lipinski definition) is 1. The fourth-order valence-electron chi connectivity index (χ4n) is 1.07. The molecule has 72 valence electrons. The number of nitrogens with one attached hydrogen (secondary N) is 1. The van der Waals surface area contributed by atoms with Crippen LogP contribution in [-0.4, -0.2) is 14.6 Å². The molecule has 2 rings (SSSR count).